The summed E-state index contributed by atoms with van der Waals surface area (Å²) < 4.78 is 5.28. The zero-order valence-corrected chi connectivity index (χ0v) is 13.0. The van der Waals surface area contributed by atoms with Crippen molar-refractivity contribution in [2.75, 3.05) is 5.32 Å². The van der Waals surface area contributed by atoms with Gasteiger partial charge in [-0.05, 0) is 57.2 Å². The molecule has 1 amide bonds. The highest BCUT2D eigenvalue weighted by atomic mass is 16.6. The van der Waals surface area contributed by atoms with Crippen LogP contribution in [0.4, 0.5) is 5.69 Å². The first-order valence-corrected chi connectivity index (χ1v) is 7.47. The fourth-order valence-corrected chi connectivity index (χ4v) is 2.41. The van der Waals surface area contributed by atoms with Crippen LogP contribution in [0, 0.1) is 0 Å². The van der Waals surface area contributed by atoms with Crippen LogP contribution in [0.2, 0.25) is 0 Å². The number of nitrogens with one attached hydrogen (secondary N) is 1. The van der Waals surface area contributed by atoms with Crippen LogP contribution >= 0.6 is 0 Å². The number of unbranched alkanes of at least 4 members (excludes halogenated alkanes) is 1. The van der Waals surface area contributed by atoms with Crippen LogP contribution in [0.15, 0.2) is 18.2 Å². The van der Waals surface area contributed by atoms with Crippen molar-refractivity contribution in [3.63, 3.8) is 0 Å². The van der Waals surface area contributed by atoms with Crippen molar-refractivity contribution in [3.05, 3.63) is 29.3 Å². The third kappa shape index (κ3) is 4.88. The van der Waals surface area contributed by atoms with E-state index in [1.807, 2.05) is 32.9 Å². The van der Waals surface area contributed by atoms with E-state index in [0.29, 0.717) is 12.8 Å². The van der Waals surface area contributed by atoms with Gasteiger partial charge < -0.3 is 10.1 Å². The molecule has 1 aromatic rings. The van der Waals surface area contributed by atoms with Gasteiger partial charge >= 0.3 is 5.97 Å². The zero-order chi connectivity index (χ0) is 15.5. The van der Waals surface area contributed by atoms with Gasteiger partial charge in [0.2, 0.25) is 5.91 Å². The van der Waals surface area contributed by atoms with E-state index < -0.39 is 5.60 Å². The van der Waals surface area contributed by atoms with Crippen LogP contribution in [0.25, 0.3) is 0 Å². The summed E-state index contributed by atoms with van der Waals surface area (Å²) >= 11 is 0. The molecule has 1 N–H and O–H groups in total. The number of amides is 1. The number of anilines is 1. The van der Waals surface area contributed by atoms with Crippen molar-refractivity contribution in [3.8, 4) is 0 Å². The fourth-order valence-electron chi connectivity index (χ4n) is 2.41. The molecule has 21 heavy (non-hydrogen) atoms. The Labute approximate surface area is 125 Å². The van der Waals surface area contributed by atoms with Gasteiger partial charge in [0.1, 0.15) is 5.60 Å². The average Bonchev–Trinajstić information content (AvgIpc) is 2.71. The molecule has 0 unspecified atom stereocenters. The molecule has 0 spiro atoms. The van der Waals surface area contributed by atoms with Gasteiger partial charge in [-0.3, -0.25) is 9.59 Å². The van der Waals surface area contributed by atoms with Crippen molar-refractivity contribution >= 4 is 17.6 Å². The summed E-state index contributed by atoms with van der Waals surface area (Å²) in [5, 5.41) is 2.86. The maximum atomic E-state index is 11.6. The van der Waals surface area contributed by atoms with Gasteiger partial charge in [0, 0.05) is 12.1 Å². The second-order valence-electron chi connectivity index (χ2n) is 6.51. The molecule has 0 fully saturated rings. The normalized spacial score (nSPS) is 13.8. The highest BCUT2D eigenvalue weighted by Gasteiger charge is 2.17. The van der Waals surface area contributed by atoms with E-state index in [1.165, 1.54) is 5.56 Å². The van der Waals surface area contributed by atoms with Gasteiger partial charge in [-0.25, -0.2) is 0 Å². The third-order valence-electron chi connectivity index (χ3n) is 3.32. The van der Waals surface area contributed by atoms with Crippen molar-refractivity contribution in [1.82, 2.24) is 0 Å². The number of ether oxygens (including phenoxy) is 1. The highest BCUT2D eigenvalue weighted by Crippen LogP contribution is 2.24. The predicted octanol–water partition coefficient (Wildman–Crippen LogP) is 3.24. The second-order valence-corrected chi connectivity index (χ2v) is 6.51. The molecule has 4 heteroatoms. The number of benzene rings is 1. The third-order valence-corrected chi connectivity index (χ3v) is 3.32. The Kier molecular flexibility index (Phi) is 4.66. The van der Waals surface area contributed by atoms with Gasteiger partial charge in [0.15, 0.2) is 0 Å². The molecule has 0 bridgehead atoms. The zero-order valence-electron chi connectivity index (χ0n) is 13.0. The minimum absolute atomic E-state index is 0.0621. The Morgan fingerprint density at radius 3 is 2.76 bits per heavy atom. The SMILES string of the molecule is CC(C)(C)OC(=O)CCCCc1ccc2c(c1)NC(=O)C2. The molecule has 1 aliphatic heterocycles. The summed E-state index contributed by atoms with van der Waals surface area (Å²) in [5.74, 6) is -0.0733. The molecule has 1 aliphatic rings. The number of esters is 1. The van der Waals surface area contributed by atoms with Crippen LogP contribution in [-0.2, 0) is 27.2 Å². The van der Waals surface area contributed by atoms with Gasteiger partial charge in [-0.15, -0.1) is 0 Å². The second kappa shape index (κ2) is 6.29. The van der Waals surface area contributed by atoms with Gasteiger partial charge in [0.25, 0.3) is 0 Å². The lowest BCUT2D eigenvalue weighted by atomic mass is 10.0. The Morgan fingerprint density at radius 1 is 1.29 bits per heavy atom. The Balaban J connectivity index is 1.74. The van der Waals surface area contributed by atoms with E-state index in [-0.39, 0.29) is 11.9 Å². The first kappa shape index (κ1) is 15.5. The molecular formula is C17H23NO3. The summed E-state index contributed by atoms with van der Waals surface area (Å²) in [7, 11) is 0. The molecule has 114 valence electrons. The van der Waals surface area contributed by atoms with E-state index in [1.54, 1.807) is 0 Å². The maximum Gasteiger partial charge on any atom is 0.306 e. The lowest BCUT2D eigenvalue weighted by molar-refractivity contribution is -0.154. The molecule has 0 saturated carbocycles. The lowest BCUT2D eigenvalue weighted by Gasteiger charge is -2.19. The van der Waals surface area contributed by atoms with E-state index in [9.17, 15) is 9.59 Å². The van der Waals surface area contributed by atoms with Gasteiger partial charge in [0.05, 0.1) is 6.42 Å². The molecule has 1 heterocycles. The number of fused-ring (bicyclic) bond motifs is 1. The van der Waals surface area contributed by atoms with E-state index >= 15 is 0 Å². The van der Waals surface area contributed by atoms with E-state index in [4.69, 9.17) is 4.74 Å². The summed E-state index contributed by atoms with van der Waals surface area (Å²) in [5.41, 5.74) is 2.79. The number of hydrogen-bond donors (Lipinski definition) is 1. The molecule has 0 aromatic heterocycles. The standard InChI is InChI=1S/C17H23NO3/c1-17(2,3)21-16(20)7-5-4-6-12-8-9-13-11-15(19)18-14(13)10-12/h8-10H,4-7,11H2,1-3H3,(H,18,19). The van der Waals surface area contributed by atoms with Crippen molar-refractivity contribution in [1.29, 1.82) is 0 Å². The highest BCUT2D eigenvalue weighted by molar-refractivity contribution is 5.99. The largest absolute Gasteiger partial charge is 0.460 e. The Hall–Kier alpha value is -1.84. The fraction of sp³-hybridized carbons (Fsp3) is 0.529. The van der Waals surface area contributed by atoms with Crippen LogP contribution in [0.3, 0.4) is 0 Å². The quantitative estimate of drug-likeness (QED) is 0.669. The molecule has 0 saturated heterocycles. The number of carbonyl (C=O) groups is 2. The van der Waals surface area contributed by atoms with Crippen molar-refractivity contribution in [2.45, 2.75) is 58.5 Å². The number of carbonyl (C=O) groups excluding carboxylic acids is 2. The van der Waals surface area contributed by atoms with Crippen LogP contribution in [-0.4, -0.2) is 17.5 Å². The van der Waals surface area contributed by atoms with E-state index in [2.05, 4.69) is 11.4 Å². The molecule has 4 nitrogen and oxygen atoms in total. The number of hydrogen-bond acceptors (Lipinski definition) is 3. The smallest absolute Gasteiger partial charge is 0.306 e. The topological polar surface area (TPSA) is 55.4 Å². The van der Waals surface area contributed by atoms with Crippen molar-refractivity contribution in [2.24, 2.45) is 0 Å². The molecule has 0 radical (unpaired) electrons. The monoisotopic (exact) mass is 289 g/mol. The summed E-state index contributed by atoms with van der Waals surface area (Å²) in [4.78, 5) is 22.9. The number of rotatable bonds is 5. The molecule has 2 rings (SSSR count). The average molecular weight is 289 g/mol. The lowest BCUT2D eigenvalue weighted by Crippen LogP contribution is -2.23. The maximum absolute atomic E-state index is 11.6. The van der Waals surface area contributed by atoms with Crippen LogP contribution in [0.5, 0.6) is 0 Å². The Morgan fingerprint density at radius 2 is 2.05 bits per heavy atom. The molecule has 1 aromatic carbocycles. The minimum atomic E-state index is -0.407. The predicted molar refractivity (Wildman–Crippen MR) is 82.2 cm³/mol. The summed E-state index contributed by atoms with van der Waals surface area (Å²) in [6, 6.07) is 6.11. The summed E-state index contributed by atoms with van der Waals surface area (Å²) in [6.07, 6.45) is 3.60. The molecule has 0 aliphatic carbocycles. The van der Waals surface area contributed by atoms with Crippen molar-refractivity contribution < 1.29 is 14.3 Å². The first-order chi connectivity index (χ1) is 9.83. The van der Waals surface area contributed by atoms with E-state index in [0.717, 1.165) is 30.5 Å². The van der Waals surface area contributed by atoms with Gasteiger partial charge in [-0.1, -0.05) is 12.1 Å². The summed E-state index contributed by atoms with van der Waals surface area (Å²) in [6.45, 7) is 5.64. The first-order valence-electron chi connectivity index (χ1n) is 7.47. The Bertz CT molecular complexity index is 543. The minimum Gasteiger partial charge on any atom is -0.460 e. The number of aryl methyl sites for hydroxylation is 1. The molecule has 0 atom stereocenters. The van der Waals surface area contributed by atoms with Crippen LogP contribution < -0.4 is 5.32 Å². The molecular weight excluding hydrogens is 266 g/mol. The van der Waals surface area contributed by atoms with Gasteiger partial charge in [-0.2, -0.15) is 0 Å². The van der Waals surface area contributed by atoms with Crippen LogP contribution in [0.1, 0.15) is 51.2 Å².